The molecule has 3 aromatic rings. The van der Waals surface area contributed by atoms with Crippen molar-refractivity contribution in [2.24, 2.45) is 5.92 Å². The third-order valence-corrected chi connectivity index (χ3v) is 5.83. The van der Waals surface area contributed by atoms with Gasteiger partial charge in [0.2, 0.25) is 0 Å². The quantitative estimate of drug-likeness (QED) is 0.384. The summed E-state index contributed by atoms with van der Waals surface area (Å²) < 4.78 is 23.6. The molecule has 2 aromatic carbocycles. The SMILES string of the molecule is COc1ccccc1OCCNc1cnn(Cc2ccc(OC)c(OCC3CC3)c2)c(=O)c1Cl. The zero-order chi connectivity index (χ0) is 23.9. The number of rotatable bonds is 12. The lowest BCUT2D eigenvalue weighted by Gasteiger charge is -2.14. The molecule has 1 heterocycles. The van der Waals surface area contributed by atoms with Gasteiger partial charge >= 0.3 is 0 Å². The minimum atomic E-state index is -0.381. The van der Waals surface area contributed by atoms with Gasteiger partial charge in [0.15, 0.2) is 23.0 Å². The molecule has 1 aliphatic carbocycles. The van der Waals surface area contributed by atoms with E-state index >= 15 is 0 Å². The van der Waals surface area contributed by atoms with E-state index in [0.29, 0.717) is 54.4 Å². The Morgan fingerprint density at radius 2 is 1.76 bits per heavy atom. The maximum Gasteiger partial charge on any atom is 0.287 e. The van der Waals surface area contributed by atoms with E-state index in [2.05, 4.69) is 10.4 Å². The molecule has 1 aliphatic rings. The van der Waals surface area contributed by atoms with Gasteiger partial charge in [-0.05, 0) is 48.6 Å². The number of ether oxygens (including phenoxy) is 4. The number of nitrogens with zero attached hydrogens (tertiary/aromatic N) is 2. The zero-order valence-corrected chi connectivity index (χ0v) is 20.0. The summed E-state index contributed by atoms with van der Waals surface area (Å²) in [5.41, 5.74) is 0.937. The van der Waals surface area contributed by atoms with Crippen LogP contribution in [0.15, 0.2) is 53.5 Å². The van der Waals surface area contributed by atoms with Gasteiger partial charge < -0.3 is 24.3 Å². The average Bonchev–Trinajstić information content (AvgIpc) is 3.69. The van der Waals surface area contributed by atoms with Crippen molar-refractivity contribution in [3.05, 3.63) is 69.6 Å². The number of hydrogen-bond acceptors (Lipinski definition) is 7. The van der Waals surface area contributed by atoms with Crippen molar-refractivity contribution in [2.45, 2.75) is 19.4 Å². The molecule has 0 radical (unpaired) electrons. The first-order chi connectivity index (χ1) is 16.6. The molecule has 1 saturated carbocycles. The highest BCUT2D eigenvalue weighted by atomic mass is 35.5. The third kappa shape index (κ3) is 5.94. The fourth-order valence-corrected chi connectivity index (χ4v) is 3.60. The lowest BCUT2D eigenvalue weighted by Crippen LogP contribution is -2.25. The van der Waals surface area contributed by atoms with Gasteiger partial charge in [0.05, 0.1) is 39.3 Å². The second-order valence-electron chi connectivity index (χ2n) is 8.00. The second kappa shape index (κ2) is 11.2. The predicted molar refractivity (Wildman–Crippen MR) is 131 cm³/mol. The van der Waals surface area contributed by atoms with E-state index in [1.54, 1.807) is 20.4 Å². The molecule has 8 nitrogen and oxygen atoms in total. The van der Waals surface area contributed by atoms with Crippen LogP contribution in [-0.4, -0.2) is 43.8 Å². The summed E-state index contributed by atoms with van der Waals surface area (Å²) >= 11 is 6.34. The summed E-state index contributed by atoms with van der Waals surface area (Å²) in [4.78, 5) is 12.8. The highest BCUT2D eigenvalue weighted by molar-refractivity contribution is 6.32. The molecule has 0 aliphatic heterocycles. The number of benzene rings is 2. The first-order valence-electron chi connectivity index (χ1n) is 11.1. The van der Waals surface area contributed by atoms with Crippen molar-refractivity contribution in [1.29, 1.82) is 0 Å². The molecular formula is C25H28ClN3O5. The van der Waals surface area contributed by atoms with E-state index in [9.17, 15) is 4.79 Å². The normalized spacial score (nSPS) is 12.8. The molecule has 0 unspecified atom stereocenters. The number of nitrogens with one attached hydrogen (secondary N) is 1. The number of aromatic nitrogens is 2. The summed E-state index contributed by atoms with van der Waals surface area (Å²) in [5.74, 6) is 3.25. The van der Waals surface area contributed by atoms with E-state index in [1.807, 2.05) is 42.5 Å². The molecule has 180 valence electrons. The average molecular weight is 486 g/mol. The summed E-state index contributed by atoms with van der Waals surface area (Å²) in [6, 6.07) is 13.0. The third-order valence-electron chi connectivity index (χ3n) is 5.46. The van der Waals surface area contributed by atoms with Crippen molar-refractivity contribution in [1.82, 2.24) is 9.78 Å². The maximum absolute atomic E-state index is 12.8. The Morgan fingerprint density at radius 1 is 1.03 bits per heavy atom. The molecule has 9 heteroatoms. The van der Waals surface area contributed by atoms with E-state index in [4.69, 9.17) is 30.5 Å². The van der Waals surface area contributed by atoms with Gasteiger partial charge in [-0.3, -0.25) is 4.79 Å². The Labute approximate surface area is 203 Å². The Kier molecular flexibility index (Phi) is 7.80. The fourth-order valence-electron chi connectivity index (χ4n) is 3.38. The fraction of sp³-hybridized carbons (Fsp3) is 0.360. The van der Waals surface area contributed by atoms with Crippen LogP contribution in [-0.2, 0) is 6.54 Å². The van der Waals surface area contributed by atoms with Crippen LogP contribution in [0.5, 0.6) is 23.0 Å². The molecule has 1 aromatic heterocycles. The molecular weight excluding hydrogens is 458 g/mol. The number of para-hydroxylation sites is 2. The molecule has 1 fully saturated rings. The first kappa shape index (κ1) is 23.8. The van der Waals surface area contributed by atoms with Crippen molar-refractivity contribution >= 4 is 17.3 Å². The molecule has 0 spiro atoms. The van der Waals surface area contributed by atoms with Crippen molar-refractivity contribution < 1.29 is 18.9 Å². The second-order valence-corrected chi connectivity index (χ2v) is 8.38. The summed E-state index contributed by atoms with van der Waals surface area (Å²) in [6.45, 7) is 1.73. The maximum atomic E-state index is 12.8. The van der Waals surface area contributed by atoms with Crippen molar-refractivity contribution in [2.75, 3.05) is 39.3 Å². The van der Waals surface area contributed by atoms with Crippen LogP contribution in [0.3, 0.4) is 0 Å². The van der Waals surface area contributed by atoms with Gasteiger partial charge in [0.1, 0.15) is 11.6 Å². The van der Waals surface area contributed by atoms with Gasteiger partial charge in [-0.1, -0.05) is 29.8 Å². The lowest BCUT2D eigenvalue weighted by atomic mass is 10.2. The summed E-state index contributed by atoms with van der Waals surface area (Å²) in [6.07, 6.45) is 3.94. The van der Waals surface area contributed by atoms with Crippen LogP contribution in [0, 0.1) is 5.92 Å². The zero-order valence-electron chi connectivity index (χ0n) is 19.3. The monoisotopic (exact) mass is 485 g/mol. The van der Waals surface area contributed by atoms with E-state index in [-0.39, 0.29) is 17.1 Å². The van der Waals surface area contributed by atoms with Gasteiger partial charge in [-0.2, -0.15) is 5.10 Å². The Morgan fingerprint density at radius 3 is 2.50 bits per heavy atom. The van der Waals surface area contributed by atoms with E-state index in [1.165, 1.54) is 17.5 Å². The van der Waals surface area contributed by atoms with Crippen LogP contribution in [0.2, 0.25) is 5.02 Å². The van der Waals surface area contributed by atoms with Crippen LogP contribution in [0.1, 0.15) is 18.4 Å². The first-order valence-corrected chi connectivity index (χ1v) is 11.5. The number of anilines is 1. The highest BCUT2D eigenvalue weighted by Crippen LogP contribution is 2.33. The largest absolute Gasteiger partial charge is 0.493 e. The molecule has 1 N–H and O–H groups in total. The Bertz CT molecular complexity index is 1180. The van der Waals surface area contributed by atoms with Gasteiger partial charge in [0.25, 0.3) is 5.56 Å². The smallest absolute Gasteiger partial charge is 0.287 e. The van der Waals surface area contributed by atoms with Crippen LogP contribution in [0.25, 0.3) is 0 Å². The molecule has 0 saturated heterocycles. The van der Waals surface area contributed by atoms with Crippen LogP contribution >= 0.6 is 11.6 Å². The van der Waals surface area contributed by atoms with Gasteiger partial charge in [0, 0.05) is 6.54 Å². The topological polar surface area (TPSA) is 83.8 Å². The standard InChI is InChI=1S/C25H28ClN3O5/c1-31-20-5-3-4-6-22(20)33-12-11-27-19-14-28-29(25(30)24(19)26)15-18-9-10-21(32-2)23(13-18)34-16-17-7-8-17/h3-6,9-10,13-14,17,27H,7-8,11-12,15-16H2,1-2H3. The van der Waals surface area contributed by atoms with Crippen LogP contribution in [0.4, 0.5) is 5.69 Å². The van der Waals surface area contributed by atoms with Gasteiger partial charge in [-0.15, -0.1) is 0 Å². The molecule has 4 rings (SSSR count). The van der Waals surface area contributed by atoms with Gasteiger partial charge in [-0.25, -0.2) is 4.68 Å². The number of halogens is 1. The summed E-state index contributed by atoms with van der Waals surface area (Å²) in [7, 11) is 3.20. The molecule has 0 amide bonds. The van der Waals surface area contributed by atoms with Crippen molar-refractivity contribution in [3.63, 3.8) is 0 Å². The minimum absolute atomic E-state index is 0.0750. The minimum Gasteiger partial charge on any atom is -0.493 e. The Balaban J connectivity index is 1.37. The van der Waals surface area contributed by atoms with Crippen molar-refractivity contribution in [3.8, 4) is 23.0 Å². The van der Waals surface area contributed by atoms with Crippen LogP contribution < -0.4 is 29.8 Å². The number of methoxy groups -OCH3 is 2. The predicted octanol–water partition coefficient (Wildman–Crippen LogP) is 4.24. The van der Waals surface area contributed by atoms with E-state index in [0.717, 1.165) is 5.56 Å². The lowest BCUT2D eigenvalue weighted by molar-refractivity contribution is 0.280. The molecule has 34 heavy (non-hydrogen) atoms. The molecule has 0 bridgehead atoms. The molecule has 0 atom stereocenters. The summed E-state index contributed by atoms with van der Waals surface area (Å²) in [5, 5.41) is 7.45. The van der Waals surface area contributed by atoms with E-state index < -0.39 is 0 Å². The highest BCUT2D eigenvalue weighted by Gasteiger charge is 2.22. The Hall–Kier alpha value is -3.39. The number of hydrogen-bond donors (Lipinski definition) is 1.